The zero-order valence-corrected chi connectivity index (χ0v) is 26.7. The Balaban J connectivity index is 0.967. The van der Waals surface area contributed by atoms with Gasteiger partial charge in [-0.05, 0) is 78.8 Å². The molecule has 2 saturated heterocycles. The predicted octanol–water partition coefficient (Wildman–Crippen LogP) is 6.03. The third kappa shape index (κ3) is 7.11. The molecule has 2 aliphatic rings. The lowest BCUT2D eigenvalue weighted by Gasteiger charge is -2.33. The van der Waals surface area contributed by atoms with Crippen molar-refractivity contribution in [2.24, 2.45) is 0 Å². The number of ketones is 1. The summed E-state index contributed by atoms with van der Waals surface area (Å²) in [5.41, 5.74) is 3.04. The van der Waals surface area contributed by atoms with Gasteiger partial charge in [-0.15, -0.1) is 0 Å². The van der Waals surface area contributed by atoms with Gasteiger partial charge < -0.3 is 9.64 Å². The molecule has 1 amide bonds. The number of ether oxygens (including phenoxy) is 1. The van der Waals surface area contributed by atoms with E-state index < -0.39 is 18.0 Å². The standard InChI is InChI=1S/C37H35F3N6O3/c38-29-9-7-27(8-10-29)34-30-20-24(2-11-31(30)43-44-34)21-32(47)37(49-36(39)40)14-19-45(23-37)22-33(48)46-17-12-26(13-18-46)25-3-5-28(6-4-25)35-41-15-1-16-42-35/h1-11,15-16,20,26,36H,12-14,17-19,21-23H2,(H,43,44). The molecular weight excluding hydrogens is 633 g/mol. The fourth-order valence-corrected chi connectivity index (χ4v) is 7.00. The van der Waals surface area contributed by atoms with Crippen LogP contribution in [0.2, 0.25) is 0 Å². The summed E-state index contributed by atoms with van der Waals surface area (Å²) in [6.45, 7) is -1.74. The van der Waals surface area contributed by atoms with Crippen LogP contribution in [0.1, 0.15) is 36.3 Å². The number of halogens is 3. The van der Waals surface area contributed by atoms with Crippen molar-refractivity contribution >= 4 is 22.6 Å². The van der Waals surface area contributed by atoms with Gasteiger partial charge >= 0.3 is 6.61 Å². The number of hydrogen-bond acceptors (Lipinski definition) is 7. The molecule has 49 heavy (non-hydrogen) atoms. The highest BCUT2D eigenvalue weighted by Gasteiger charge is 2.47. The van der Waals surface area contributed by atoms with Crippen LogP contribution in [0.3, 0.4) is 0 Å². The Labute approximate surface area is 281 Å². The molecule has 3 aromatic carbocycles. The number of likely N-dealkylation sites (tertiary alicyclic amines) is 2. The maximum absolute atomic E-state index is 13.7. The zero-order chi connectivity index (χ0) is 34.0. The number of benzene rings is 3. The van der Waals surface area contributed by atoms with E-state index in [-0.39, 0.29) is 44.2 Å². The highest BCUT2D eigenvalue weighted by molar-refractivity contribution is 5.95. The average Bonchev–Trinajstić information content (AvgIpc) is 3.73. The minimum atomic E-state index is -3.14. The number of aromatic amines is 1. The van der Waals surface area contributed by atoms with E-state index in [2.05, 4.69) is 32.3 Å². The van der Waals surface area contributed by atoms with Crippen molar-refractivity contribution in [2.75, 3.05) is 32.7 Å². The number of carbonyl (C=O) groups excluding carboxylic acids is 2. The van der Waals surface area contributed by atoms with Crippen LogP contribution in [0, 0.1) is 5.82 Å². The number of hydrogen-bond donors (Lipinski definition) is 1. The number of Topliss-reactive ketones (excluding diaryl/α,β-unsaturated/α-hetero) is 1. The van der Waals surface area contributed by atoms with Gasteiger partial charge in [0, 0.05) is 61.5 Å². The Morgan fingerprint density at radius 1 is 0.939 bits per heavy atom. The van der Waals surface area contributed by atoms with Gasteiger partial charge in [0.2, 0.25) is 5.91 Å². The zero-order valence-electron chi connectivity index (χ0n) is 26.7. The van der Waals surface area contributed by atoms with Gasteiger partial charge in [-0.2, -0.15) is 13.9 Å². The van der Waals surface area contributed by atoms with E-state index in [1.54, 1.807) is 53.7 Å². The second kappa shape index (κ2) is 13.9. The summed E-state index contributed by atoms with van der Waals surface area (Å²) in [5.74, 6) is 0.0653. The van der Waals surface area contributed by atoms with Crippen molar-refractivity contribution in [1.82, 2.24) is 30.0 Å². The second-order valence-electron chi connectivity index (χ2n) is 12.7. The third-order valence-electron chi connectivity index (χ3n) is 9.66. The van der Waals surface area contributed by atoms with Crippen LogP contribution in [0.15, 0.2) is 85.2 Å². The first-order chi connectivity index (χ1) is 23.8. The topological polar surface area (TPSA) is 104 Å². The summed E-state index contributed by atoms with van der Waals surface area (Å²) in [4.78, 5) is 39.2. The van der Waals surface area contributed by atoms with Crippen LogP contribution in [0.4, 0.5) is 13.2 Å². The second-order valence-corrected chi connectivity index (χ2v) is 12.7. The number of fused-ring (bicyclic) bond motifs is 1. The Morgan fingerprint density at radius 3 is 2.37 bits per heavy atom. The summed E-state index contributed by atoms with van der Waals surface area (Å²) in [6, 6.07) is 21.2. The molecule has 5 aromatic rings. The minimum Gasteiger partial charge on any atom is -0.342 e. The van der Waals surface area contributed by atoms with Crippen LogP contribution in [-0.2, 0) is 20.7 Å². The highest BCUT2D eigenvalue weighted by atomic mass is 19.3. The van der Waals surface area contributed by atoms with E-state index in [4.69, 9.17) is 4.74 Å². The van der Waals surface area contributed by atoms with Crippen molar-refractivity contribution < 1.29 is 27.5 Å². The molecule has 1 atom stereocenters. The largest absolute Gasteiger partial charge is 0.346 e. The van der Waals surface area contributed by atoms with Crippen molar-refractivity contribution in [3.63, 3.8) is 0 Å². The Hall–Kier alpha value is -4.94. The van der Waals surface area contributed by atoms with Crippen molar-refractivity contribution in [3.8, 4) is 22.6 Å². The van der Waals surface area contributed by atoms with E-state index in [1.165, 1.54) is 17.7 Å². The highest BCUT2D eigenvalue weighted by Crippen LogP contribution is 2.33. The molecule has 1 N–H and O–H groups in total. The maximum Gasteiger partial charge on any atom is 0.346 e. The van der Waals surface area contributed by atoms with Gasteiger partial charge in [-0.3, -0.25) is 19.6 Å². The van der Waals surface area contributed by atoms with E-state index in [1.807, 2.05) is 17.0 Å². The smallest absolute Gasteiger partial charge is 0.342 e. The van der Waals surface area contributed by atoms with Crippen molar-refractivity contribution in [3.05, 3.63) is 102 Å². The van der Waals surface area contributed by atoms with Gasteiger partial charge in [0.25, 0.3) is 0 Å². The number of carbonyl (C=O) groups is 2. The van der Waals surface area contributed by atoms with Gasteiger partial charge in [0.05, 0.1) is 17.8 Å². The molecular formula is C37H35F3N6O3. The molecule has 2 fully saturated rings. The first-order valence-electron chi connectivity index (χ1n) is 16.4. The van der Waals surface area contributed by atoms with Gasteiger partial charge in [0.1, 0.15) is 11.4 Å². The first kappa shape index (κ1) is 32.6. The lowest BCUT2D eigenvalue weighted by atomic mass is 9.89. The normalized spacial score (nSPS) is 18.8. The number of H-pyrrole nitrogens is 1. The van der Waals surface area contributed by atoms with E-state index in [0.29, 0.717) is 41.7 Å². The van der Waals surface area contributed by atoms with Crippen LogP contribution < -0.4 is 0 Å². The fraction of sp³-hybridized carbons (Fsp3) is 0.324. The van der Waals surface area contributed by atoms with Crippen molar-refractivity contribution in [2.45, 2.75) is 43.8 Å². The molecule has 252 valence electrons. The van der Waals surface area contributed by atoms with Crippen LogP contribution >= 0.6 is 0 Å². The molecule has 0 bridgehead atoms. The van der Waals surface area contributed by atoms with E-state index in [0.717, 1.165) is 29.3 Å². The molecule has 7 rings (SSSR count). The Bertz CT molecular complexity index is 1930. The molecule has 0 aliphatic carbocycles. The molecule has 1 unspecified atom stereocenters. The number of amides is 1. The summed E-state index contributed by atoms with van der Waals surface area (Å²) in [5, 5.41) is 8.02. The van der Waals surface area contributed by atoms with Crippen molar-refractivity contribution in [1.29, 1.82) is 0 Å². The average molecular weight is 669 g/mol. The molecule has 4 heterocycles. The molecule has 2 aromatic heterocycles. The summed E-state index contributed by atoms with van der Waals surface area (Å²) >= 11 is 0. The molecule has 2 aliphatic heterocycles. The van der Waals surface area contributed by atoms with Crippen LogP contribution in [-0.4, -0.2) is 86.6 Å². The SMILES string of the molecule is O=C(CN1CCC(OC(F)F)(C(=O)Cc2ccc3[nH]nc(-c4ccc(F)cc4)c3c2)C1)N1CCC(c2ccc(-c3ncccn3)cc2)CC1. The van der Waals surface area contributed by atoms with E-state index >= 15 is 0 Å². The molecule has 0 saturated carbocycles. The number of alkyl halides is 2. The lowest BCUT2D eigenvalue weighted by Crippen LogP contribution is -2.48. The molecule has 0 radical (unpaired) electrons. The van der Waals surface area contributed by atoms with Gasteiger partial charge in [0.15, 0.2) is 11.6 Å². The maximum atomic E-state index is 13.7. The summed E-state index contributed by atoms with van der Waals surface area (Å²) in [6.07, 6.45) is 4.98. The van der Waals surface area contributed by atoms with Gasteiger partial charge in [-0.1, -0.05) is 30.3 Å². The molecule has 0 spiro atoms. The number of aromatic nitrogens is 4. The third-order valence-corrected chi connectivity index (χ3v) is 9.66. The number of nitrogens with zero attached hydrogens (tertiary/aromatic N) is 5. The van der Waals surface area contributed by atoms with Crippen LogP contribution in [0.25, 0.3) is 33.5 Å². The summed E-state index contributed by atoms with van der Waals surface area (Å²) in [7, 11) is 0. The van der Waals surface area contributed by atoms with Gasteiger partial charge in [-0.25, -0.2) is 14.4 Å². The minimum absolute atomic E-state index is 0.0279. The Morgan fingerprint density at radius 2 is 1.65 bits per heavy atom. The number of rotatable bonds is 10. The van der Waals surface area contributed by atoms with E-state index in [9.17, 15) is 22.8 Å². The first-order valence-corrected chi connectivity index (χ1v) is 16.4. The monoisotopic (exact) mass is 668 g/mol. The summed E-state index contributed by atoms with van der Waals surface area (Å²) < 4.78 is 46.0. The quantitative estimate of drug-likeness (QED) is 0.194. The lowest BCUT2D eigenvalue weighted by molar-refractivity contribution is -0.205. The molecule has 12 heteroatoms. The Kier molecular flexibility index (Phi) is 9.24. The van der Waals surface area contributed by atoms with Crippen LogP contribution in [0.5, 0.6) is 0 Å². The predicted molar refractivity (Wildman–Crippen MR) is 177 cm³/mol. The molecule has 9 nitrogen and oxygen atoms in total. The fourth-order valence-electron chi connectivity index (χ4n) is 7.00. The number of nitrogens with one attached hydrogen (secondary N) is 1. The number of piperidine rings is 1.